The minimum Gasteiger partial charge on any atom is -0.497 e. The van der Waals surface area contributed by atoms with Crippen LogP contribution in [0.15, 0.2) is 42.5 Å². The molecule has 3 rings (SSSR count). The van der Waals surface area contributed by atoms with Crippen molar-refractivity contribution in [2.75, 3.05) is 37.9 Å². The first-order chi connectivity index (χ1) is 14.9. The molecule has 7 nitrogen and oxygen atoms in total. The maximum Gasteiger partial charge on any atom is 0.321 e. The number of hydrogen-bond donors (Lipinski definition) is 2. The lowest BCUT2D eigenvalue weighted by Gasteiger charge is -2.34. The Bertz CT molecular complexity index is 912. The third kappa shape index (κ3) is 5.82. The lowest BCUT2D eigenvalue weighted by molar-refractivity contribution is -0.121. The van der Waals surface area contributed by atoms with E-state index in [1.807, 2.05) is 6.92 Å². The molecule has 0 radical (unpaired) electrons. The van der Waals surface area contributed by atoms with Gasteiger partial charge in [0.1, 0.15) is 11.5 Å². The zero-order valence-corrected chi connectivity index (χ0v) is 18.7. The molecule has 1 heterocycles. The van der Waals surface area contributed by atoms with Crippen molar-refractivity contribution in [1.29, 1.82) is 0 Å². The summed E-state index contributed by atoms with van der Waals surface area (Å²) in [6.07, 6.45) is 1.52. The maximum atomic E-state index is 12.9. The van der Waals surface area contributed by atoms with E-state index in [1.165, 1.54) is 0 Å². The first kappa shape index (κ1) is 22.7. The number of likely N-dealkylation sites (tertiary alicyclic amines) is 1. The summed E-state index contributed by atoms with van der Waals surface area (Å²) in [6, 6.07) is 12.2. The number of nitrogens with one attached hydrogen (secondary N) is 2. The predicted molar refractivity (Wildman–Crippen MR) is 122 cm³/mol. The molecule has 0 aliphatic carbocycles. The molecule has 8 heteroatoms. The molecule has 1 atom stereocenters. The standard InChI is InChI=1S/C23H28ClN3O4/c1-15(22(28)26-20-14-19(30-2)8-9-21(20)31-3)16-10-12-27(13-11-16)23(29)25-18-6-4-17(24)5-7-18/h4-9,14-16H,10-13H2,1-3H3,(H,25,29)(H,26,28). The first-order valence-electron chi connectivity index (χ1n) is 10.3. The number of nitrogens with zero attached hydrogens (tertiary/aromatic N) is 1. The van der Waals surface area contributed by atoms with Crippen LogP contribution in [-0.4, -0.2) is 44.1 Å². The molecule has 31 heavy (non-hydrogen) atoms. The summed E-state index contributed by atoms with van der Waals surface area (Å²) in [6.45, 7) is 3.13. The zero-order valence-electron chi connectivity index (χ0n) is 18.0. The quantitative estimate of drug-likeness (QED) is 0.664. The molecule has 3 amide bonds. The van der Waals surface area contributed by atoms with E-state index < -0.39 is 0 Å². The topological polar surface area (TPSA) is 79.9 Å². The van der Waals surface area contributed by atoms with E-state index in [-0.39, 0.29) is 23.8 Å². The Labute approximate surface area is 187 Å². The summed E-state index contributed by atoms with van der Waals surface area (Å²) in [7, 11) is 3.14. The maximum absolute atomic E-state index is 12.9. The van der Waals surface area contributed by atoms with E-state index in [2.05, 4.69) is 10.6 Å². The van der Waals surface area contributed by atoms with Crippen molar-refractivity contribution in [1.82, 2.24) is 4.90 Å². The van der Waals surface area contributed by atoms with Crippen molar-refractivity contribution in [2.24, 2.45) is 11.8 Å². The van der Waals surface area contributed by atoms with E-state index in [0.717, 1.165) is 12.8 Å². The summed E-state index contributed by atoms with van der Waals surface area (Å²) in [5.41, 5.74) is 1.29. The minimum absolute atomic E-state index is 0.0735. The van der Waals surface area contributed by atoms with E-state index in [4.69, 9.17) is 21.1 Å². The third-order valence-electron chi connectivity index (χ3n) is 5.71. The van der Waals surface area contributed by atoms with Crippen molar-refractivity contribution < 1.29 is 19.1 Å². The number of urea groups is 1. The average molecular weight is 446 g/mol. The largest absolute Gasteiger partial charge is 0.497 e. The van der Waals surface area contributed by atoms with Crippen LogP contribution in [0.3, 0.4) is 0 Å². The number of anilines is 2. The van der Waals surface area contributed by atoms with E-state index >= 15 is 0 Å². The van der Waals surface area contributed by atoms with Crippen molar-refractivity contribution >= 4 is 34.9 Å². The molecule has 2 N–H and O–H groups in total. The number of amides is 3. The van der Waals surface area contributed by atoms with Gasteiger partial charge < -0.3 is 25.0 Å². The van der Waals surface area contributed by atoms with Crippen molar-refractivity contribution in [3.63, 3.8) is 0 Å². The van der Waals surface area contributed by atoms with Crippen LogP contribution >= 0.6 is 11.6 Å². The van der Waals surface area contributed by atoms with Gasteiger partial charge in [-0.25, -0.2) is 4.79 Å². The predicted octanol–water partition coefficient (Wildman–Crippen LogP) is 4.88. The van der Waals surface area contributed by atoms with Gasteiger partial charge in [0.2, 0.25) is 5.91 Å². The molecule has 1 fully saturated rings. The molecule has 0 aromatic heterocycles. The number of hydrogen-bond acceptors (Lipinski definition) is 4. The average Bonchev–Trinajstić information content (AvgIpc) is 2.80. The van der Waals surface area contributed by atoms with E-state index in [0.29, 0.717) is 41.0 Å². The van der Waals surface area contributed by atoms with E-state index in [1.54, 1.807) is 61.6 Å². The lowest BCUT2D eigenvalue weighted by Crippen LogP contribution is -2.43. The Morgan fingerprint density at radius 1 is 1.03 bits per heavy atom. The third-order valence-corrected chi connectivity index (χ3v) is 5.96. The number of ether oxygens (including phenoxy) is 2. The highest BCUT2D eigenvalue weighted by Crippen LogP contribution is 2.31. The van der Waals surface area contributed by atoms with Gasteiger partial charge in [0, 0.05) is 35.8 Å². The molecule has 1 aliphatic heterocycles. The first-order valence-corrected chi connectivity index (χ1v) is 10.6. The van der Waals surface area contributed by atoms with Gasteiger partial charge in [0.05, 0.1) is 19.9 Å². The fourth-order valence-corrected chi connectivity index (χ4v) is 3.84. The van der Waals surface area contributed by atoms with Crippen molar-refractivity contribution in [3.05, 3.63) is 47.5 Å². The van der Waals surface area contributed by atoms with Crippen LogP contribution in [0.25, 0.3) is 0 Å². The normalized spacial score (nSPS) is 15.2. The second-order valence-corrected chi connectivity index (χ2v) is 8.04. The molecule has 0 saturated carbocycles. The number of carbonyl (C=O) groups is 2. The summed E-state index contributed by atoms with van der Waals surface area (Å²) >= 11 is 5.88. The molecular weight excluding hydrogens is 418 g/mol. The van der Waals surface area contributed by atoms with Crippen LogP contribution in [0.5, 0.6) is 11.5 Å². The SMILES string of the molecule is COc1ccc(OC)c(NC(=O)C(C)C2CCN(C(=O)Nc3ccc(Cl)cc3)CC2)c1. The molecule has 1 aliphatic rings. The number of benzene rings is 2. The summed E-state index contributed by atoms with van der Waals surface area (Å²) in [5, 5.41) is 6.46. The number of piperidine rings is 1. The molecule has 0 bridgehead atoms. The van der Waals surface area contributed by atoms with Crippen LogP contribution < -0.4 is 20.1 Å². The summed E-state index contributed by atoms with van der Waals surface area (Å²) < 4.78 is 10.6. The molecule has 2 aromatic carbocycles. The van der Waals surface area contributed by atoms with Crippen LogP contribution in [0.4, 0.5) is 16.2 Å². The van der Waals surface area contributed by atoms with Gasteiger partial charge >= 0.3 is 6.03 Å². The molecule has 0 spiro atoms. The smallest absolute Gasteiger partial charge is 0.321 e. The molecular formula is C23H28ClN3O4. The van der Waals surface area contributed by atoms with Gasteiger partial charge in [0.25, 0.3) is 0 Å². The fourth-order valence-electron chi connectivity index (χ4n) is 3.71. The summed E-state index contributed by atoms with van der Waals surface area (Å²) in [4.78, 5) is 27.1. The van der Waals surface area contributed by atoms with E-state index in [9.17, 15) is 9.59 Å². The van der Waals surface area contributed by atoms with Gasteiger partial charge in [-0.05, 0) is 55.2 Å². The Kier molecular flexibility index (Phi) is 7.63. The van der Waals surface area contributed by atoms with Crippen molar-refractivity contribution in [2.45, 2.75) is 19.8 Å². The Morgan fingerprint density at radius 3 is 2.32 bits per heavy atom. The van der Waals surface area contributed by atoms with Gasteiger partial charge in [-0.3, -0.25) is 4.79 Å². The minimum atomic E-state index is -0.197. The monoisotopic (exact) mass is 445 g/mol. The van der Waals surface area contributed by atoms with Gasteiger partial charge in [-0.15, -0.1) is 0 Å². The Balaban J connectivity index is 1.53. The van der Waals surface area contributed by atoms with Gasteiger partial charge in [-0.1, -0.05) is 18.5 Å². The molecule has 2 aromatic rings. The van der Waals surface area contributed by atoms with Crippen LogP contribution in [0, 0.1) is 11.8 Å². The Hall–Kier alpha value is -2.93. The van der Waals surface area contributed by atoms with Crippen LogP contribution in [0.2, 0.25) is 5.02 Å². The second kappa shape index (κ2) is 10.4. The van der Waals surface area contributed by atoms with Crippen LogP contribution in [0.1, 0.15) is 19.8 Å². The number of methoxy groups -OCH3 is 2. The Morgan fingerprint density at radius 2 is 1.71 bits per heavy atom. The number of rotatable bonds is 6. The molecule has 1 unspecified atom stereocenters. The number of carbonyl (C=O) groups excluding carboxylic acids is 2. The molecule has 166 valence electrons. The van der Waals surface area contributed by atoms with Crippen molar-refractivity contribution in [3.8, 4) is 11.5 Å². The lowest BCUT2D eigenvalue weighted by atomic mass is 9.85. The highest BCUT2D eigenvalue weighted by Gasteiger charge is 2.30. The second-order valence-electron chi connectivity index (χ2n) is 7.61. The molecule has 1 saturated heterocycles. The van der Waals surface area contributed by atoms with Gasteiger partial charge in [0.15, 0.2) is 0 Å². The van der Waals surface area contributed by atoms with Gasteiger partial charge in [-0.2, -0.15) is 0 Å². The van der Waals surface area contributed by atoms with Crippen LogP contribution in [-0.2, 0) is 4.79 Å². The zero-order chi connectivity index (χ0) is 22.4. The highest BCUT2D eigenvalue weighted by molar-refractivity contribution is 6.30. The fraction of sp³-hybridized carbons (Fsp3) is 0.391. The highest BCUT2D eigenvalue weighted by atomic mass is 35.5. The summed E-state index contributed by atoms with van der Waals surface area (Å²) in [5.74, 6) is 1.14. The number of halogens is 1.